The molecule has 7 nitrogen and oxygen atoms in total. The van der Waals surface area contributed by atoms with E-state index in [-0.39, 0.29) is 25.3 Å². The van der Waals surface area contributed by atoms with Gasteiger partial charge in [-0.05, 0) is 31.2 Å². The number of aromatic nitrogens is 2. The number of carbonyl (C=O) groups is 2. The van der Waals surface area contributed by atoms with Gasteiger partial charge in [-0.1, -0.05) is 23.2 Å². The molecule has 0 bridgehead atoms. The van der Waals surface area contributed by atoms with Crippen molar-refractivity contribution >= 4 is 35.1 Å². The van der Waals surface area contributed by atoms with Gasteiger partial charge in [0.05, 0.1) is 17.3 Å². The van der Waals surface area contributed by atoms with Gasteiger partial charge in [-0.2, -0.15) is 5.10 Å². The molecular weight excluding hydrogens is 369 g/mol. The smallest absolute Gasteiger partial charge is 0.331 e. The third kappa shape index (κ3) is 3.35. The Hall–Kier alpha value is -2.09. The number of ether oxygens (including phenoxy) is 1. The normalized spacial score (nSPS) is 19.8. The monoisotopic (exact) mass is 383 g/mol. The van der Waals surface area contributed by atoms with E-state index in [2.05, 4.69) is 10.4 Å². The van der Waals surface area contributed by atoms with Crippen molar-refractivity contribution in [1.82, 2.24) is 15.1 Å². The van der Waals surface area contributed by atoms with E-state index in [0.717, 1.165) is 0 Å². The highest BCUT2D eigenvalue weighted by molar-refractivity contribution is 6.35. The summed E-state index contributed by atoms with van der Waals surface area (Å²) >= 11 is 12.1. The largest absolute Gasteiger partial charge is 0.479 e. The van der Waals surface area contributed by atoms with Crippen LogP contribution >= 0.6 is 23.2 Å². The van der Waals surface area contributed by atoms with Crippen LogP contribution in [0.5, 0.6) is 0 Å². The maximum absolute atomic E-state index is 12.5. The van der Waals surface area contributed by atoms with Crippen LogP contribution in [-0.2, 0) is 9.53 Å². The summed E-state index contributed by atoms with van der Waals surface area (Å²) in [5.41, 5.74) is -0.0932. The minimum absolute atomic E-state index is 0.0726. The Morgan fingerprint density at radius 1 is 1.36 bits per heavy atom. The SMILES string of the molecule is Cc1cc(C(=O)NC2(C(=O)O)CCOC2)nn1-c1ccc(Cl)cc1Cl. The van der Waals surface area contributed by atoms with E-state index in [9.17, 15) is 14.7 Å². The quantitative estimate of drug-likeness (QED) is 0.845. The number of amides is 1. The van der Waals surface area contributed by atoms with Crippen molar-refractivity contribution in [2.75, 3.05) is 13.2 Å². The van der Waals surface area contributed by atoms with Gasteiger partial charge in [0.2, 0.25) is 0 Å². The van der Waals surface area contributed by atoms with Crippen LogP contribution in [0.2, 0.25) is 10.0 Å². The first-order chi connectivity index (χ1) is 11.8. The highest BCUT2D eigenvalue weighted by Gasteiger charge is 2.44. The Bertz CT molecular complexity index is 844. The molecule has 1 amide bonds. The molecule has 1 saturated heterocycles. The van der Waals surface area contributed by atoms with Crippen LogP contribution in [0.1, 0.15) is 22.6 Å². The Morgan fingerprint density at radius 2 is 2.12 bits per heavy atom. The van der Waals surface area contributed by atoms with Crippen LogP contribution in [0.4, 0.5) is 0 Å². The summed E-state index contributed by atoms with van der Waals surface area (Å²) in [4.78, 5) is 24.0. The van der Waals surface area contributed by atoms with Crippen LogP contribution in [0, 0.1) is 6.92 Å². The number of carboxylic acids is 1. The van der Waals surface area contributed by atoms with Crippen molar-refractivity contribution in [3.05, 3.63) is 45.7 Å². The summed E-state index contributed by atoms with van der Waals surface area (Å²) in [5, 5.41) is 17.1. The number of hydrogen-bond donors (Lipinski definition) is 2. The Kier molecular flexibility index (Phi) is 4.73. The average Bonchev–Trinajstić information content (AvgIpc) is 3.15. The van der Waals surface area contributed by atoms with Gasteiger partial charge >= 0.3 is 5.97 Å². The van der Waals surface area contributed by atoms with Gasteiger partial charge in [0.25, 0.3) is 5.91 Å². The minimum Gasteiger partial charge on any atom is -0.479 e. The molecule has 3 rings (SSSR count). The molecule has 2 aromatic rings. The van der Waals surface area contributed by atoms with E-state index >= 15 is 0 Å². The van der Waals surface area contributed by atoms with Crippen LogP contribution in [-0.4, -0.2) is 45.5 Å². The third-order valence-electron chi connectivity index (χ3n) is 4.04. The van der Waals surface area contributed by atoms with Crippen LogP contribution in [0.3, 0.4) is 0 Å². The molecular formula is C16H15Cl2N3O4. The number of hydrogen-bond acceptors (Lipinski definition) is 4. The predicted molar refractivity (Wildman–Crippen MR) is 91.6 cm³/mol. The fraction of sp³-hybridized carbons (Fsp3) is 0.312. The van der Waals surface area contributed by atoms with Gasteiger partial charge in [0.1, 0.15) is 0 Å². The van der Waals surface area contributed by atoms with Gasteiger partial charge in [-0.3, -0.25) is 4.79 Å². The fourth-order valence-corrected chi connectivity index (χ4v) is 3.14. The van der Waals surface area contributed by atoms with Crippen molar-refractivity contribution in [3.8, 4) is 5.69 Å². The summed E-state index contributed by atoms with van der Waals surface area (Å²) in [6.45, 7) is 1.97. The van der Waals surface area contributed by atoms with E-state index in [1.807, 2.05) is 0 Å². The topological polar surface area (TPSA) is 93.5 Å². The number of benzene rings is 1. The molecule has 25 heavy (non-hydrogen) atoms. The van der Waals surface area contributed by atoms with Crippen molar-refractivity contribution in [1.29, 1.82) is 0 Å². The molecule has 0 spiro atoms. The Morgan fingerprint density at radius 3 is 2.72 bits per heavy atom. The van der Waals surface area contributed by atoms with Gasteiger partial charge in [0.15, 0.2) is 11.2 Å². The average molecular weight is 384 g/mol. The maximum atomic E-state index is 12.5. The zero-order valence-corrected chi connectivity index (χ0v) is 14.8. The number of carboxylic acid groups (broad SMARTS) is 1. The van der Waals surface area contributed by atoms with Crippen molar-refractivity contribution < 1.29 is 19.4 Å². The lowest BCUT2D eigenvalue weighted by Crippen LogP contribution is -2.55. The first-order valence-corrected chi connectivity index (χ1v) is 8.24. The minimum atomic E-state index is -1.42. The zero-order chi connectivity index (χ0) is 18.2. The molecule has 2 N–H and O–H groups in total. The molecule has 1 aromatic carbocycles. The Balaban J connectivity index is 1.89. The maximum Gasteiger partial charge on any atom is 0.331 e. The third-order valence-corrected chi connectivity index (χ3v) is 4.58. The molecule has 9 heteroatoms. The number of nitrogens with one attached hydrogen (secondary N) is 1. The Labute approximate surface area is 153 Å². The molecule has 0 radical (unpaired) electrons. The lowest BCUT2D eigenvalue weighted by atomic mass is 9.99. The number of aliphatic carboxylic acids is 1. The summed E-state index contributed by atoms with van der Waals surface area (Å²) in [6, 6.07) is 6.50. The van der Waals surface area contributed by atoms with Gasteiger partial charge < -0.3 is 15.2 Å². The van der Waals surface area contributed by atoms with Gasteiger partial charge in [-0.25, -0.2) is 9.48 Å². The molecule has 1 atom stereocenters. The number of rotatable bonds is 4. The summed E-state index contributed by atoms with van der Waals surface area (Å²) in [5.74, 6) is -1.71. The second kappa shape index (κ2) is 6.67. The van der Waals surface area contributed by atoms with E-state index < -0.39 is 17.4 Å². The van der Waals surface area contributed by atoms with Crippen molar-refractivity contribution in [3.63, 3.8) is 0 Å². The predicted octanol–water partition coefficient (Wildman–Crippen LogP) is 2.46. The lowest BCUT2D eigenvalue weighted by Gasteiger charge is -2.22. The van der Waals surface area contributed by atoms with E-state index in [1.165, 1.54) is 4.68 Å². The molecule has 1 fully saturated rings. The molecule has 0 saturated carbocycles. The summed E-state index contributed by atoms with van der Waals surface area (Å²) < 4.78 is 6.64. The first kappa shape index (κ1) is 17.7. The van der Waals surface area contributed by atoms with Crippen molar-refractivity contribution in [2.24, 2.45) is 0 Å². The number of carbonyl (C=O) groups excluding carboxylic acids is 1. The van der Waals surface area contributed by atoms with Gasteiger partial charge in [-0.15, -0.1) is 0 Å². The molecule has 1 aliphatic heterocycles. The van der Waals surface area contributed by atoms with Crippen LogP contribution in [0.25, 0.3) is 5.69 Å². The molecule has 132 valence electrons. The highest BCUT2D eigenvalue weighted by atomic mass is 35.5. The highest BCUT2D eigenvalue weighted by Crippen LogP contribution is 2.26. The molecule has 2 heterocycles. The van der Waals surface area contributed by atoms with Crippen molar-refractivity contribution in [2.45, 2.75) is 18.9 Å². The second-order valence-corrected chi connectivity index (χ2v) is 6.67. The molecule has 1 aromatic heterocycles. The first-order valence-electron chi connectivity index (χ1n) is 7.48. The van der Waals surface area contributed by atoms with Crippen LogP contribution in [0.15, 0.2) is 24.3 Å². The lowest BCUT2D eigenvalue weighted by molar-refractivity contribution is -0.144. The number of nitrogens with zero attached hydrogens (tertiary/aromatic N) is 2. The summed E-state index contributed by atoms with van der Waals surface area (Å²) in [6.07, 6.45) is 0.205. The zero-order valence-electron chi connectivity index (χ0n) is 13.3. The second-order valence-electron chi connectivity index (χ2n) is 5.82. The van der Waals surface area contributed by atoms with E-state index in [0.29, 0.717) is 21.4 Å². The molecule has 1 aliphatic rings. The fourth-order valence-electron chi connectivity index (χ4n) is 2.65. The number of aryl methyl sites for hydroxylation is 1. The molecule has 1 unspecified atom stereocenters. The van der Waals surface area contributed by atoms with E-state index in [1.54, 1.807) is 31.2 Å². The summed E-state index contributed by atoms with van der Waals surface area (Å²) in [7, 11) is 0. The number of halogens is 2. The van der Waals surface area contributed by atoms with Gasteiger partial charge in [0, 0.05) is 23.7 Å². The van der Waals surface area contributed by atoms with E-state index in [4.69, 9.17) is 27.9 Å². The standard InChI is InChI=1S/C16H15Cl2N3O4/c1-9-6-12(14(22)19-16(15(23)24)4-5-25-8-16)20-21(9)13-3-2-10(17)7-11(13)18/h2-3,6-7H,4-5,8H2,1H3,(H,19,22)(H,23,24). The molecule has 0 aliphatic carbocycles. The van der Waals surface area contributed by atoms with Crippen LogP contribution < -0.4 is 5.32 Å².